The summed E-state index contributed by atoms with van der Waals surface area (Å²) < 4.78 is 1.19. The Kier molecular flexibility index (Phi) is 3.68. The van der Waals surface area contributed by atoms with Crippen LogP contribution in [0.4, 0.5) is 11.4 Å². The second kappa shape index (κ2) is 5.71. The van der Waals surface area contributed by atoms with Gasteiger partial charge in [-0.2, -0.15) is 0 Å². The standard InChI is InChI=1S/C18H23N3OS/c1-20(2)13-9-6-10-14-15(13)16-17(23-14)18(22)21(11-19-16)12-7-4-3-5-8-12/h6,9-10,12,19H,3-5,7-8,11H2,1-2H3. The molecule has 5 heteroatoms. The maximum atomic E-state index is 13.0. The highest BCUT2D eigenvalue weighted by Crippen LogP contribution is 2.43. The molecule has 1 N–H and O–H groups in total. The molecule has 0 saturated heterocycles. The van der Waals surface area contributed by atoms with Crippen molar-refractivity contribution in [2.75, 3.05) is 31.0 Å². The van der Waals surface area contributed by atoms with Gasteiger partial charge in [-0.1, -0.05) is 25.3 Å². The Bertz CT molecular complexity index is 746. The number of hydrogen-bond acceptors (Lipinski definition) is 4. The normalized spacial score (nSPS) is 18.9. The van der Waals surface area contributed by atoms with Gasteiger partial charge in [0, 0.05) is 35.9 Å². The van der Waals surface area contributed by atoms with Crippen molar-refractivity contribution in [1.82, 2.24) is 4.90 Å². The van der Waals surface area contributed by atoms with Crippen molar-refractivity contribution < 1.29 is 4.79 Å². The Morgan fingerprint density at radius 3 is 2.74 bits per heavy atom. The number of anilines is 2. The topological polar surface area (TPSA) is 35.6 Å². The molecule has 0 radical (unpaired) electrons. The summed E-state index contributed by atoms with van der Waals surface area (Å²) in [6.45, 7) is 0.643. The van der Waals surface area contributed by atoms with Crippen molar-refractivity contribution in [3.8, 4) is 0 Å². The summed E-state index contributed by atoms with van der Waals surface area (Å²) in [6, 6.07) is 6.72. The molecule has 122 valence electrons. The van der Waals surface area contributed by atoms with Crippen molar-refractivity contribution in [1.29, 1.82) is 0 Å². The van der Waals surface area contributed by atoms with E-state index in [4.69, 9.17) is 0 Å². The summed E-state index contributed by atoms with van der Waals surface area (Å²) in [5.41, 5.74) is 2.21. The van der Waals surface area contributed by atoms with Gasteiger partial charge >= 0.3 is 0 Å². The molecule has 2 aromatic rings. The molecule has 1 aromatic heterocycles. The van der Waals surface area contributed by atoms with Gasteiger partial charge in [-0.15, -0.1) is 11.3 Å². The highest BCUT2D eigenvalue weighted by Gasteiger charge is 2.33. The SMILES string of the molecule is CN(C)c1cccc2sc3c(c12)NCN(C1CCCCC1)C3=O. The van der Waals surface area contributed by atoms with Crippen molar-refractivity contribution in [2.24, 2.45) is 0 Å². The molecule has 1 aromatic carbocycles. The highest BCUT2D eigenvalue weighted by molar-refractivity contribution is 7.21. The number of benzene rings is 1. The van der Waals surface area contributed by atoms with Crippen LogP contribution in [0.5, 0.6) is 0 Å². The van der Waals surface area contributed by atoms with Gasteiger partial charge in [0.15, 0.2) is 0 Å². The molecule has 2 heterocycles. The quantitative estimate of drug-likeness (QED) is 0.900. The number of amides is 1. The minimum absolute atomic E-state index is 0.219. The molecule has 0 spiro atoms. The number of carbonyl (C=O) groups is 1. The van der Waals surface area contributed by atoms with Crippen molar-refractivity contribution in [3.63, 3.8) is 0 Å². The lowest BCUT2D eigenvalue weighted by atomic mass is 9.94. The number of hydrogen-bond donors (Lipinski definition) is 1. The van der Waals surface area contributed by atoms with E-state index in [2.05, 4.69) is 47.4 Å². The van der Waals surface area contributed by atoms with Gasteiger partial charge in [0.1, 0.15) is 4.88 Å². The largest absolute Gasteiger partial charge is 0.377 e. The van der Waals surface area contributed by atoms with Crippen LogP contribution in [0, 0.1) is 0 Å². The van der Waals surface area contributed by atoms with Gasteiger partial charge in [0.05, 0.1) is 12.4 Å². The summed E-state index contributed by atoms with van der Waals surface area (Å²) in [6.07, 6.45) is 6.11. The van der Waals surface area contributed by atoms with Crippen LogP contribution >= 0.6 is 11.3 Å². The molecule has 1 fully saturated rings. The third-order valence-corrected chi connectivity index (χ3v) is 6.21. The number of carbonyl (C=O) groups excluding carboxylic acids is 1. The first-order chi connectivity index (χ1) is 11.2. The molecule has 0 unspecified atom stereocenters. The first-order valence-corrected chi connectivity index (χ1v) is 9.26. The Morgan fingerprint density at radius 1 is 1.22 bits per heavy atom. The van der Waals surface area contributed by atoms with Crippen molar-refractivity contribution >= 4 is 38.7 Å². The van der Waals surface area contributed by atoms with Crippen LogP contribution in [0.3, 0.4) is 0 Å². The molecule has 2 aliphatic rings. The molecule has 1 saturated carbocycles. The predicted octanol–water partition coefficient (Wildman–Crippen LogP) is 4.13. The lowest BCUT2D eigenvalue weighted by Crippen LogP contribution is -2.46. The van der Waals surface area contributed by atoms with Gasteiger partial charge in [-0.05, 0) is 25.0 Å². The summed E-state index contributed by atoms with van der Waals surface area (Å²) >= 11 is 1.63. The van der Waals surface area contributed by atoms with Crippen LogP contribution in [0.25, 0.3) is 10.1 Å². The summed E-state index contributed by atoms with van der Waals surface area (Å²) in [5.74, 6) is 0.219. The fourth-order valence-corrected chi connectivity index (χ4v) is 5.03. The van der Waals surface area contributed by atoms with Crippen LogP contribution in [0.1, 0.15) is 41.8 Å². The van der Waals surface area contributed by atoms with Crippen molar-refractivity contribution in [3.05, 3.63) is 23.1 Å². The third-order valence-electron chi connectivity index (χ3n) is 5.07. The zero-order valence-corrected chi connectivity index (χ0v) is 14.6. The molecule has 23 heavy (non-hydrogen) atoms. The Hall–Kier alpha value is -1.75. The number of rotatable bonds is 2. The summed E-state index contributed by atoms with van der Waals surface area (Å²) in [5, 5.41) is 4.74. The first-order valence-electron chi connectivity index (χ1n) is 8.44. The lowest BCUT2D eigenvalue weighted by molar-refractivity contribution is 0.0647. The van der Waals surface area contributed by atoms with E-state index in [1.54, 1.807) is 11.3 Å². The lowest BCUT2D eigenvalue weighted by Gasteiger charge is -2.37. The van der Waals surface area contributed by atoms with Crippen LogP contribution in [-0.4, -0.2) is 37.6 Å². The monoisotopic (exact) mass is 329 g/mol. The fourth-order valence-electron chi connectivity index (χ4n) is 3.88. The zero-order chi connectivity index (χ0) is 16.0. The number of fused-ring (bicyclic) bond motifs is 3. The molecular weight excluding hydrogens is 306 g/mol. The third kappa shape index (κ3) is 2.38. The van der Waals surface area contributed by atoms with Gasteiger partial charge in [-0.25, -0.2) is 0 Å². The molecule has 0 bridgehead atoms. The van der Waals surface area contributed by atoms with Gasteiger partial charge in [-0.3, -0.25) is 4.79 Å². The van der Waals surface area contributed by atoms with E-state index in [0.29, 0.717) is 12.7 Å². The average molecular weight is 329 g/mol. The van der Waals surface area contributed by atoms with E-state index >= 15 is 0 Å². The maximum Gasteiger partial charge on any atom is 0.267 e. The van der Waals surface area contributed by atoms with Gasteiger partial charge in [0.25, 0.3) is 5.91 Å². The van der Waals surface area contributed by atoms with E-state index in [1.807, 2.05) is 0 Å². The number of nitrogens with zero attached hydrogens (tertiary/aromatic N) is 2. The van der Waals surface area contributed by atoms with Crippen LogP contribution in [-0.2, 0) is 0 Å². The average Bonchev–Trinajstić information content (AvgIpc) is 2.95. The van der Waals surface area contributed by atoms with Crippen LogP contribution in [0.15, 0.2) is 18.2 Å². The molecule has 1 aliphatic carbocycles. The number of nitrogens with one attached hydrogen (secondary N) is 1. The van der Waals surface area contributed by atoms with E-state index < -0.39 is 0 Å². The summed E-state index contributed by atoms with van der Waals surface area (Å²) in [7, 11) is 4.11. The Labute approximate surface area is 141 Å². The minimum Gasteiger partial charge on any atom is -0.377 e. The Balaban J connectivity index is 1.76. The van der Waals surface area contributed by atoms with Crippen LogP contribution in [0.2, 0.25) is 0 Å². The molecule has 1 amide bonds. The second-order valence-electron chi connectivity index (χ2n) is 6.75. The fraction of sp³-hybridized carbons (Fsp3) is 0.500. The summed E-state index contributed by atoms with van der Waals surface area (Å²) in [4.78, 5) is 18.1. The van der Waals surface area contributed by atoms with Crippen LogP contribution < -0.4 is 10.2 Å². The zero-order valence-electron chi connectivity index (χ0n) is 13.8. The maximum absolute atomic E-state index is 13.0. The molecule has 0 atom stereocenters. The molecule has 4 rings (SSSR count). The van der Waals surface area contributed by atoms with Gasteiger partial charge < -0.3 is 15.1 Å². The molecule has 1 aliphatic heterocycles. The minimum atomic E-state index is 0.219. The van der Waals surface area contributed by atoms with Gasteiger partial charge in [0.2, 0.25) is 0 Å². The number of thiophene rings is 1. The van der Waals surface area contributed by atoms with E-state index in [9.17, 15) is 4.79 Å². The van der Waals surface area contributed by atoms with E-state index in [1.165, 1.54) is 35.0 Å². The van der Waals surface area contributed by atoms with Crippen molar-refractivity contribution in [2.45, 2.75) is 38.1 Å². The predicted molar refractivity (Wildman–Crippen MR) is 97.7 cm³/mol. The highest BCUT2D eigenvalue weighted by atomic mass is 32.1. The molecular formula is C18H23N3OS. The van der Waals surface area contributed by atoms with E-state index in [-0.39, 0.29) is 5.91 Å². The Morgan fingerprint density at radius 2 is 2.00 bits per heavy atom. The smallest absolute Gasteiger partial charge is 0.267 e. The van der Waals surface area contributed by atoms with E-state index in [0.717, 1.165) is 23.4 Å². The second-order valence-corrected chi connectivity index (χ2v) is 7.80. The first kappa shape index (κ1) is 14.8. The molecule has 4 nitrogen and oxygen atoms in total.